The zero-order chi connectivity index (χ0) is 15.1. The van der Waals surface area contributed by atoms with E-state index in [4.69, 9.17) is 21.4 Å². The van der Waals surface area contributed by atoms with Gasteiger partial charge in [0.1, 0.15) is 5.75 Å². The molecule has 1 rings (SSSR count). The van der Waals surface area contributed by atoms with Crippen LogP contribution in [0.2, 0.25) is 5.02 Å². The van der Waals surface area contributed by atoms with Gasteiger partial charge < -0.3 is 15.2 Å². The van der Waals surface area contributed by atoms with Crippen molar-refractivity contribution in [3.05, 3.63) is 28.8 Å². The van der Waals surface area contributed by atoms with Crippen LogP contribution in [0.1, 0.15) is 45.2 Å². The van der Waals surface area contributed by atoms with Gasteiger partial charge in [-0.05, 0) is 44.5 Å². The van der Waals surface area contributed by atoms with E-state index >= 15 is 0 Å². The van der Waals surface area contributed by atoms with E-state index in [9.17, 15) is 4.79 Å². The van der Waals surface area contributed by atoms with Crippen LogP contribution in [0.5, 0.6) is 5.75 Å². The van der Waals surface area contributed by atoms with Crippen LogP contribution in [-0.2, 0) is 4.79 Å². The fourth-order valence-corrected chi connectivity index (χ4v) is 2.08. The van der Waals surface area contributed by atoms with Crippen molar-refractivity contribution in [2.75, 3.05) is 6.54 Å². The van der Waals surface area contributed by atoms with Crippen molar-refractivity contribution >= 4 is 17.6 Å². The summed E-state index contributed by atoms with van der Waals surface area (Å²) in [7, 11) is 0. The number of nitrogens with one attached hydrogen (secondary N) is 1. The first-order valence-electron chi connectivity index (χ1n) is 6.91. The van der Waals surface area contributed by atoms with E-state index in [0.717, 1.165) is 18.5 Å². The minimum atomic E-state index is -0.956. The van der Waals surface area contributed by atoms with Crippen molar-refractivity contribution in [2.45, 2.75) is 45.8 Å². The Morgan fingerprint density at radius 3 is 2.70 bits per heavy atom. The van der Waals surface area contributed by atoms with Crippen LogP contribution >= 0.6 is 11.6 Å². The molecule has 1 aromatic carbocycles. The highest BCUT2D eigenvalue weighted by Gasteiger charge is 2.20. The van der Waals surface area contributed by atoms with Crippen molar-refractivity contribution in [3.63, 3.8) is 0 Å². The van der Waals surface area contributed by atoms with Crippen LogP contribution in [0.3, 0.4) is 0 Å². The second-order valence-corrected chi connectivity index (χ2v) is 5.15. The van der Waals surface area contributed by atoms with Crippen LogP contribution in [-0.4, -0.2) is 23.7 Å². The van der Waals surface area contributed by atoms with Crippen LogP contribution in [0.4, 0.5) is 0 Å². The summed E-state index contributed by atoms with van der Waals surface area (Å²) < 4.78 is 5.61. The SMILES string of the molecule is CCCNC(C)c1cc(Cl)ccc1OC(CC)C(=O)O. The predicted octanol–water partition coefficient (Wildman–Crippen LogP) is 3.64. The number of carbonyl (C=O) groups is 1. The molecule has 0 bridgehead atoms. The Bertz CT molecular complexity index is 451. The molecule has 0 amide bonds. The molecule has 2 N–H and O–H groups in total. The maximum Gasteiger partial charge on any atom is 0.344 e. The lowest BCUT2D eigenvalue weighted by atomic mass is 10.1. The van der Waals surface area contributed by atoms with Gasteiger partial charge in [0, 0.05) is 16.6 Å². The number of carboxylic acid groups (broad SMARTS) is 1. The van der Waals surface area contributed by atoms with E-state index in [1.165, 1.54) is 0 Å². The molecular weight excluding hydrogens is 278 g/mol. The number of rotatable bonds is 8. The standard InChI is InChI=1S/C15H22ClNO3/c1-4-8-17-10(3)12-9-11(16)6-7-14(12)20-13(5-2)15(18)19/h6-7,9-10,13,17H,4-5,8H2,1-3H3,(H,18,19). The fourth-order valence-electron chi connectivity index (χ4n) is 1.90. The lowest BCUT2D eigenvalue weighted by molar-refractivity contribution is -0.145. The molecule has 0 saturated carbocycles. The second-order valence-electron chi connectivity index (χ2n) is 4.71. The van der Waals surface area contributed by atoms with Crippen LogP contribution in [0.25, 0.3) is 0 Å². The summed E-state index contributed by atoms with van der Waals surface area (Å²) in [5, 5.41) is 13.1. The largest absolute Gasteiger partial charge is 0.479 e. The molecule has 112 valence electrons. The second kappa shape index (κ2) is 8.12. The van der Waals surface area contributed by atoms with Crippen molar-refractivity contribution in [1.29, 1.82) is 0 Å². The quantitative estimate of drug-likeness (QED) is 0.769. The van der Waals surface area contributed by atoms with Crippen molar-refractivity contribution in [1.82, 2.24) is 5.32 Å². The van der Waals surface area contributed by atoms with Gasteiger partial charge in [0.05, 0.1) is 0 Å². The number of benzene rings is 1. The van der Waals surface area contributed by atoms with Gasteiger partial charge in [-0.1, -0.05) is 25.4 Å². The molecule has 5 heteroatoms. The smallest absolute Gasteiger partial charge is 0.344 e. The number of aliphatic carboxylic acids is 1. The third-order valence-corrected chi connectivity index (χ3v) is 3.29. The van der Waals surface area contributed by atoms with E-state index in [1.807, 2.05) is 13.0 Å². The molecule has 0 aliphatic heterocycles. The number of halogens is 1. The number of hydrogen-bond donors (Lipinski definition) is 2. The van der Waals surface area contributed by atoms with Gasteiger partial charge in [0.15, 0.2) is 6.10 Å². The lowest BCUT2D eigenvalue weighted by Crippen LogP contribution is -2.27. The zero-order valence-electron chi connectivity index (χ0n) is 12.1. The first kappa shape index (κ1) is 16.8. The molecule has 2 atom stereocenters. The number of carboxylic acids is 1. The molecule has 0 aromatic heterocycles. The summed E-state index contributed by atoms with van der Waals surface area (Å²) in [4.78, 5) is 11.1. The Morgan fingerprint density at radius 1 is 1.45 bits per heavy atom. The molecule has 0 aliphatic carbocycles. The Labute approximate surface area is 125 Å². The zero-order valence-corrected chi connectivity index (χ0v) is 12.9. The summed E-state index contributed by atoms with van der Waals surface area (Å²) in [6, 6.07) is 5.31. The van der Waals surface area contributed by atoms with E-state index < -0.39 is 12.1 Å². The molecule has 0 saturated heterocycles. The molecule has 0 radical (unpaired) electrons. The first-order valence-corrected chi connectivity index (χ1v) is 7.29. The van der Waals surface area contributed by atoms with Gasteiger partial charge >= 0.3 is 5.97 Å². The number of hydrogen-bond acceptors (Lipinski definition) is 3. The van der Waals surface area contributed by atoms with E-state index in [1.54, 1.807) is 19.1 Å². The van der Waals surface area contributed by atoms with Crippen molar-refractivity contribution in [3.8, 4) is 5.75 Å². The molecule has 4 nitrogen and oxygen atoms in total. The summed E-state index contributed by atoms with van der Waals surface area (Å²) in [6.45, 7) is 6.76. The van der Waals surface area contributed by atoms with Gasteiger partial charge in [-0.3, -0.25) is 0 Å². The molecule has 0 fully saturated rings. The maximum atomic E-state index is 11.1. The monoisotopic (exact) mass is 299 g/mol. The van der Waals surface area contributed by atoms with E-state index in [0.29, 0.717) is 17.2 Å². The Morgan fingerprint density at radius 2 is 2.15 bits per heavy atom. The van der Waals surface area contributed by atoms with Crippen molar-refractivity contribution in [2.24, 2.45) is 0 Å². The topological polar surface area (TPSA) is 58.6 Å². The minimum Gasteiger partial charge on any atom is -0.479 e. The average Bonchev–Trinajstić information content (AvgIpc) is 2.42. The molecule has 1 aromatic rings. The normalized spacial score (nSPS) is 13.8. The highest BCUT2D eigenvalue weighted by Crippen LogP contribution is 2.29. The highest BCUT2D eigenvalue weighted by atomic mass is 35.5. The predicted molar refractivity (Wildman–Crippen MR) is 80.5 cm³/mol. The Balaban J connectivity index is 2.97. The summed E-state index contributed by atoms with van der Waals surface area (Å²) in [5.74, 6) is -0.387. The summed E-state index contributed by atoms with van der Waals surface area (Å²) >= 11 is 6.03. The van der Waals surface area contributed by atoms with Crippen LogP contribution < -0.4 is 10.1 Å². The van der Waals surface area contributed by atoms with E-state index in [-0.39, 0.29) is 6.04 Å². The Hall–Kier alpha value is -1.26. The number of ether oxygens (including phenoxy) is 1. The van der Waals surface area contributed by atoms with Gasteiger partial charge in [-0.2, -0.15) is 0 Å². The minimum absolute atomic E-state index is 0.0509. The van der Waals surface area contributed by atoms with E-state index in [2.05, 4.69) is 12.2 Å². The summed E-state index contributed by atoms with van der Waals surface area (Å²) in [6.07, 6.45) is 0.593. The van der Waals surface area contributed by atoms with Crippen molar-refractivity contribution < 1.29 is 14.6 Å². The molecular formula is C15H22ClNO3. The fraction of sp³-hybridized carbons (Fsp3) is 0.533. The Kier molecular flexibility index (Phi) is 6.82. The van der Waals surface area contributed by atoms with Crippen LogP contribution in [0.15, 0.2) is 18.2 Å². The molecule has 0 spiro atoms. The summed E-state index contributed by atoms with van der Waals surface area (Å²) in [5.41, 5.74) is 0.880. The highest BCUT2D eigenvalue weighted by molar-refractivity contribution is 6.30. The third-order valence-electron chi connectivity index (χ3n) is 3.05. The lowest BCUT2D eigenvalue weighted by Gasteiger charge is -2.21. The third kappa shape index (κ3) is 4.69. The molecule has 0 heterocycles. The van der Waals surface area contributed by atoms with Gasteiger partial charge in [-0.25, -0.2) is 4.79 Å². The first-order chi connectivity index (χ1) is 9.49. The molecule has 2 unspecified atom stereocenters. The average molecular weight is 300 g/mol. The van der Waals surface area contributed by atoms with Gasteiger partial charge in [0.2, 0.25) is 0 Å². The molecule has 20 heavy (non-hydrogen) atoms. The van der Waals surface area contributed by atoms with Crippen LogP contribution in [0, 0.1) is 0 Å². The van der Waals surface area contributed by atoms with Gasteiger partial charge in [0.25, 0.3) is 0 Å². The van der Waals surface area contributed by atoms with Gasteiger partial charge in [-0.15, -0.1) is 0 Å². The molecule has 0 aliphatic rings. The maximum absolute atomic E-state index is 11.1.